The van der Waals surface area contributed by atoms with Crippen LogP contribution in [0.1, 0.15) is 97.8 Å². The third-order valence-electron chi connectivity index (χ3n) is 4.66. The molecule has 0 atom stereocenters. The summed E-state index contributed by atoms with van der Waals surface area (Å²) in [5.74, 6) is -1.09. The van der Waals surface area contributed by atoms with Gasteiger partial charge in [0.05, 0.1) is 0 Å². The van der Waals surface area contributed by atoms with Gasteiger partial charge in [-0.25, -0.2) is 0 Å². The number of carbonyl (C=O) groups excluding carboxylic acids is 1. The van der Waals surface area contributed by atoms with Crippen LogP contribution in [0, 0.1) is 0 Å². The minimum Gasteiger partial charge on any atom is -0.480 e. The Morgan fingerprint density at radius 3 is 1.71 bits per heavy atom. The lowest BCUT2D eigenvalue weighted by molar-refractivity contribution is -0.136. The third kappa shape index (κ3) is 13.3. The molecule has 4 heteroatoms. The summed E-state index contributed by atoms with van der Waals surface area (Å²) in [6.07, 6.45) is 14.0. The van der Waals surface area contributed by atoms with Crippen molar-refractivity contribution in [2.24, 2.45) is 0 Å². The smallest absolute Gasteiger partial charge is 0.323 e. The van der Waals surface area contributed by atoms with Crippen LogP contribution >= 0.6 is 0 Å². The number of carboxylic acids is 1. The highest BCUT2D eigenvalue weighted by Crippen LogP contribution is 2.16. The Bertz CT molecular complexity index is 502. The Morgan fingerprint density at radius 2 is 1.25 bits per heavy atom. The van der Waals surface area contributed by atoms with Crippen molar-refractivity contribution in [1.82, 2.24) is 0 Å². The van der Waals surface area contributed by atoms with Gasteiger partial charge in [0.25, 0.3) is 0 Å². The van der Waals surface area contributed by atoms with Gasteiger partial charge < -0.3 is 10.0 Å². The molecular formula is C24H41NO3. The summed E-state index contributed by atoms with van der Waals surface area (Å²) >= 11 is 0. The maximum absolute atomic E-state index is 12.4. The second kappa shape index (κ2) is 18.5. The monoisotopic (exact) mass is 391 g/mol. The first-order valence-electron chi connectivity index (χ1n) is 11.2. The molecule has 0 saturated carbocycles. The van der Waals surface area contributed by atoms with Crippen molar-refractivity contribution >= 4 is 17.6 Å². The molecule has 1 aromatic rings. The topological polar surface area (TPSA) is 57.6 Å². The Morgan fingerprint density at radius 1 is 0.786 bits per heavy atom. The summed E-state index contributed by atoms with van der Waals surface area (Å²) in [5, 5.41) is 9.06. The van der Waals surface area contributed by atoms with Gasteiger partial charge in [0.1, 0.15) is 6.54 Å². The number of aliphatic carboxylic acids is 1. The summed E-state index contributed by atoms with van der Waals surface area (Å²) in [6.45, 7) is 5.96. The van der Waals surface area contributed by atoms with Crippen LogP contribution in [-0.4, -0.2) is 23.5 Å². The number of amides is 1. The van der Waals surface area contributed by atoms with Gasteiger partial charge in [0.2, 0.25) is 5.91 Å². The maximum atomic E-state index is 12.4. The largest absolute Gasteiger partial charge is 0.480 e. The van der Waals surface area contributed by atoms with Crippen LogP contribution in [0.3, 0.4) is 0 Å². The van der Waals surface area contributed by atoms with Crippen LogP contribution in [0.5, 0.6) is 0 Å². The molecule has 0 aromatic heterocycles. The molecule has 160 valence electrons. The molecule has 0 aliphatic heterocycles. The van der Waals surface area contributed by atoms with Crippen LogP contribution in [0.15, 0.2) is 30.3 Å². The van der Waals surface area contributed by atoms with E-state index in [2.05, 4.69) is 6.92 Å². The van der Waals surface area contributed by atoms with Gasteiger partial charge in [-0.15, -0.1) is 0 Å². The predicted molar refractivity (Wildman–Crippen MR) is 119 cm³/mol. The molecular weight excluding hydrogens is 350 g/mol. The number of rotatable bonds is 15. The lowest BCUT2D eigenvalue weighted by Crippen LogP contribution is -2.35. The van der Waals surface area contributed by atoms with E-state index in [1.54, 1.807) is 12.1 Å². The highest BCUT2D eigenvalue weighted by atomic mass is 16.4. The number of unbranched alkanes of at least 4 members (excludes halogenated alkanes) is 10. The Kier molecular flexibility index (Phi) is 17.3. The highest BCUT2D eigenvalue weighted by Gasteiger charge is 2.17. The normalized spacial score (nSPS) is 10.1. The van der Waals surface area contributed by atoms with E-state index >= 15 is 0 Å². The molecule has 1 N–H and O–H groups in total. The van der Waals surface area contributed by atoms with Crippen LogP contribution in [0.2, 0.25) is 0 Å². The molecule has 0 fully saturated rings. The molecule has 0 aliphatic rings. The van der Waals surface area contributed by atoms with Gasteiger partial charge in [-0.3, -0.25) is 9.59 Å². The van der Waals surface area contributed by atoms with Gasteiger partial charge >= 0.3 is 5.97 Å². The van der Waals surface area contributed by atoms with E-state index < -0.39 is 5.97 Å². The minimum atomic E-state index is -0.985. The number of para-hydroxylation sites is 1. The molecule has 4 nitrogen and oxygen atoms in total. The van der Waals surface area contributed by atoms with Gasteiger partial charge in [-0.2, -0.15) is 0 Å². The quantitative estimate of drug-likeness (QED) is 0.333. The third-order valence-corrected chi connectivity index (χ3v) is 4.66. The average Bonchev–Trinajstić information content (AvgIpc) is 2.72. The van der Waals surface area contributed by atoms with E-state index in [4.69, 9.17) is 5.11 Å². The maximum Gasteiger partial charge on any atom is 0.323 e. The summed E-state index contributed by atoms with van der Waals surface area (Å²) in [6, 6.07) is 9.05. The highest BCUT2D eigenvalue weighted by molar-refractivity contribution is 5.97. The van der Waals surface area contributed by atoms with Crippen LogP contribution in [0.4, 0.5) is 5.69 Å². The summed E-state index contributed by atoms with van der Waals surface area (Å²) < 4.78 is 0. The molecule has 0 aliphatic carbocycles. The molecule has 0 radical (unpaired) electrons. The Hall–Kier alpha value is -1.84. The molecule has 0 spiro atoms. The number of hydrogen-bond donors (Lipinski definition) is 1. The average molecular weight is 392 g/mol. The number of carbonyl (C=O) groups is 2. The van der Waals surface area contributed by atoms with Crippen molar-refractivity contribution in [3.8, 4) is 0 Å². The van der Waals surface area contributed by atoms with Gasteiger partial charge in [0.15, 0.2) is 0 Å². The van der Waals surface area contributed by atoms with E-state index in [1.807, 2.05) is 32.0 Å². The van der Waals surface area contributed by atoms with Crippen molar-refractivity contribution in [2.75, 3.05) is 11.4 Å². The lowest BCUT2D eigenvalue weighted by atomic mass is 10.1. The Labute approximate surface area is 172 Å². The minimum absolute atomic E-state index is 0.102. The Balaban J connectivity index is 0.00000352. The molecule has 1 aromatic carbocycles. The fraction of sp³-hybridized carbons (Fsp3) is 0.667. The SMILES string of the molecule is CC.CCCCCCCCCCCCCC(=O)N(CC(=O)O)c1ccccc1. The molecule has 1 amide bonds. The summed E-state index contributed by atoms with van der Waals surface area (Å²) in [5.41, 5.74) is 0.656. The zero-order valence-electron chi connectivity index (χ0n) is 18.3. The molecule has 0 saturated heterocycles. The van der Waals surface area contributed by atoms with Crippen molar-refractivity contribution in [1.29, 1.82) is 0 Å². The fourth-order valence-electron chi connectivity index (χ4n) is 3.14. The number of carboxylic acid groups (broad SMARTS) is 1. The van der Waals surface area contributed by atoms with Crippen LogP contribution in [-0.2, 0) is 9.59 Å². The first-order chi connectivity index (χ1) is 13.6. The van der Waals surface area contributed by atoms with E-state index in [-0.39, 0.29) is 12.5 Å². The van der Waals surface area contributed by atoms with Crippen LogP contribution in [0.25, 0.3) is 0 Å². The van der Waals surface area contributed by atoms with Crippen molar-refractivity contribution in [2.45, 2.75) is 97.8 Å². The predicted octanol–water partition coefficient (Wildman–Crippen LogP) is 6.83. The van der Waals surface area contributed by atoms with Crippen molar-refractivity contribution < 1.29 is 14.7 Å². The van der Waals surface area contributed by atoms with E-state index in [0.29, 0.717) is 12.1 Å². The zero-order valence-corrected chi connectivity index (χ0v) is 18.3. The van der Waals surface area contributed by atoms with Gasteiger partial charge in [-0.05, 0) is 18.6 Å². The first kappa shape index (κ1) is 26.2. The summed E-state index contributed by atoms with van der Waals surface area (Å²) in [4.78, 5) is 24.8. The zero-order chi connectivity index (χ0) is 21.0. The molecule has 0 unspecified atom stereocenters. The number of nitrogens with zero attached hydrogens (tertiary/aromatic N) is 1. The molecule has 28 heavy (non-hydrogen) atoms. The lowest BCUT2D eigenvalue weighted by Gasteiger charge is -2.20. The molecule has 1 rings (SSSR count). The number of benzene rings is 1. The fourth-order valence-corrected chi connectivity index (χ4v) is 3.14. The molecule has 0 heterocycles. The van der Waals surface area contributed by atoms with Gasteiger partial charge in [0, 0.05) is 12.1 Å². The van der Waals surface area contributed by atoms with Crippen molar-refractivity contribution in [3.63, 3.8) is 0 Å². The number of hydrogen-bond acceptors (Lipinski definition) is 2. The second-order valence-corrected chi connectivity index (χ2v) is 6.99. The second-order valence-electron chi connectivity index (χ2n) is 6.99. The first-order valence-corrected chi connectivity index (χ1v) is 11.2. The van der Waals surface area contributed by atoms with Crippen LogP contribution < -0.4 is 4.90 Å². The summed E-state index contributed by atoms with van der Waals surface area (Å²) in [7, 11) is 0. The number of anilines is 1. The van der Waals surface area contributed by atoms with E-state index in [9.17, 15) is 9.59 Å². The van der Waals surface area contributed by atoms with E-state index in [0.717, 1.165) is 19.3 Å². The van der Waals surface area contributed by atoms with Gasteiger partial charge in [-0.1, -0.05) is 103 Å². The van der Waals surface area contributed by atoms with Crippen molar-refractivity contribution in [3.05, 3.63) is 30.3 Å². The molecule has 0 bridgehead atoms. The standard InChI is InChI=1S/C22H35NO3.C2H6/c1-2-3-4-5-6-7-8-9-10-11-15-18-21(24)23(19-22(25)26)20-16-13-12-14-17-20;1-2/h12-14,16-17H,2-11,15,18-19H2,1H3,(H,25,26);1-2H3. The van der Waals surface area contributed by atoms with E-state index in [1.165, 1.54) is 56.3 Å².